The summed E-state index contributed by atoms with van der Waals surface area (Å²) in [5.41, 5.74) is 0.743. The topological polar surface area (TPSA) is 38.7 Å². The van der Waals surface area contributed by atoms with Crippen molar-refractivity contribution in [1.29, 1.82) is 0 Å². The molecule has 0 radical (unpaired) electrons. The van der Waals surface area contributed by atoms with Crippen molar-refractivity contribution >= 4 is 11.6 Å². The van der Waals surface area contributed by atoms with Crippen LogP contribution in [0.3, 0.4) is 0 Å². The number of hydrogen-bond acceptors (Lipinski definition) is 3. The second-order valence-corrected chi connectivity index (χ2v) is 2.95. The molecule has 0 atom stereocenters. The van der Waals surface area contributed by atoms with Crippen molar-refractivity contribution in [3.8, 4) is 11.3 Å². The highest BCUT2D eigenvalue weighted by Crippen LogP contribution is 2.19. The largest absolute Gasteiger partial charge is 0.236 e. The van der Waals surface area contributed by atoms with Crippen LogP contribution in [-0.4, -0.2) is 15.0 Å². The minimum atomic E-state index is -0.567. The zero-order valence-electron chi connectivity index (χ0n) is 6.98. The van der Waals surface area contributed by atoms with Crippen molar-refractivity contribution in [2.24, 2.45) is 0 Å². The maximum Gasteiger partial charge on any atom is 0.222 e. The van der Waals surface area contributed by atoms with Crippen molar-refractivity contribution < 1.29 is 4.39 Å². The molecule has 0 aromatic carbocycles. The van der Waals surface area contributed by atoms with Gasteiger partial charge in [0.05, 0.1) is 11.3 Å². The Hall–Kier alpha value is -1.55. The standard InChI is InChI=1S/C9H5ClFN3/c10-8-4-7(13-5-14-8)6-2-1-3-12-9(6)11/h1-5H. The van der Waals surface area contributed by atoms with Gasteiger partial charge in [-0.2, -0.15) is 4.39 Å². The van der Waals surface area contributed by atoms with Crippen LogP contribution in [0.5, 0.6) is 0 Å². The lowest BCUT2D eigenvalue weighted by atomic mass is 10.2. The molecule has 0 aliphatic rings. The molecule has 2 aromatic rings. The van der Waals surface area contributed by atoms with Gasteiger partial charge in [0.1, 0.15) is 11.5 Å². The van der Waals surface area contributed by atoms with Crippen molar-refractivity contribution in [1.82, 2.24) is 15.0 Å². The van der Waals surface area contributed by atoms with E-state index in [1.807, 2.05) is 0 Å². The molecule has 70 valence electrons. The van der Waals surface area contributed by atoms with Crippen LogP contribution in [0.2, 0.25) is 5.15 Å². The first-order chi connectivity index (χ1) is 6.77. The zero-order chi connectivity index (χ0) is 9.97. The van der Waals surface area contributed by atoms with E-state index in [4.69, 9.17) is 11.6 Å². The van der Waals surface area contributed by atoms with E-state index in [0.29, 0.717) is 11.3 Å². The predicted molar refractivity (Wildman–Crippen MR) is 50.2 cm³/mol. The third-order valence-electron chi connectivity index (χ3n) is 1.67. The number of aromatic nitrogens is 3. The van der Waals surface area contributed by atoms with Gasteiger partial charge >= 0.3 is 0 Å². The van der Waals surface area contributed by atoms with Crippen molar-refractivity contribution in [3.63, 3.8) is 0 Å². The Kier molecular flexibility index (Phi) is 2.37. The molecule has 0 saturated carbocycles. The van der Waals surface area contributed by atoms with Crippen LogP contribution in [0.25, 0.3) is 11.3 Å². The van der Waals surface area contributed by atoms with Crippen LogP contribution in [0.15, 0.2) is 30.7 Å². The summed E-state index contributed by atoms with van der Waals surface area (Å²) in [5, 5.41) is 0.276. The van der Waals surface area contributed by atoms with Gasteiger partial charge in [-0.25, -0.2) is 15.0 Å². The number of hydrogen-bond donors (Lipinski definition) is 0. The normalized spacial score (nSPS) is 10.1. The zero-order valence-corrected chi connectivity index (χ0v) is 7.74. The van der Waals surface area contributed by atoms with Crippen molar-refractivity contribution in [3.05, 3.63) is 41.8 Å². The molecule has 2 aromatic heterocycles. The summed E-state index contributed by atoms with van der Waals surface area (Å²) in [6.45, 7) is 0. The lowest BCUT2D eigenvalue weighted by Gasteiger charge is -2.00. The van der Waals surface area contributed by atoms with E-state index >= 15 is 0 Å². The van der Waals surface area contributed by atoms with E-state index in [2.05, 4.69) is 15.0 Å². The van der Waals surface area contributed by atoms with Crippen LogP contribution in [0.4, 0.5) is 4.39 Å². The third-order valence-corrected chi connectivity index (χ3v) is 1.88. The highest BCUT2D eigenvalue weighted by molar-refractivity contribution is 6.29. The fourth-order valence-corrected chi connectivity index (χ4v) is 1.20. The van der Waals surface area contributed by atoms with Crippen molar-refractivity contribution in [2.45, 2.75) is 0 Å². The van der Waals surface area contributed by atoms with E-state index in [9.17, 15) is 4.39 Å². The molecular formula is C9H5ClFN3. The molecular weight excluding hydrogens is 205 g/mol. The molecule has 0 unspecified atom stereocenters. The Labute approximate surface area is 84.6 Å². The first-order valence-electron chi connectivity index (χ1n) is 3.86. The summed E-state index contributed by atoms with van der Waals surface area (Å²) < 4.78 is 13.2. The van der Waals surface area contributed by atoms with Crippen LogP contribution < -0.4 is 0 Å². The Morgan fingerprint density at radius 3 is 2.79 bits per heavy atom. The SMILES string of the molecule is Fc1ncccc1-c1cc(Cl)ncn1. The minimum Gasteiger partial charge on any atom is -0.236 e. The molecule has 0 spiro atoms. The molecule has 0 bridgehead atoms. The van der Waals surface area contributed by atoms with E-state index in [-0.39, 0.29) is 5.15 Å². The fourth-order valence-electron chi connectivity index (χ4n) is 1.06. The number of pyridine rings is 1. The number of nitrogens with zero attached hydrogens (tertiary/aromatic N) is 3. The average Bonchev–Trinajstić information content (AvgIpc) is 2.18. The molecule has 5 heteroatoms. The summed E-state index contributed by atoms with van der Waals surface area (Å²) in [5.74, 6) is -0.567. The lowest BCUT2D eigenvalue weighted by molar-refractivity contribution is 0.587. The van der Waals surface area contributed by atoms with Gasteiger partial charge in [-0.3, -0.25) is 0 Å². The molecule has 3 nitrogen and oxygen atoms in total. The van der Waals surface area contributed by atoms with Gasteiger partial charge < -0.3 is 0 Å². The van der Waals surface area contributed by atoms with Gasteiger partial charge in [0, 0.05) is 12.3 Å². The molecule has 0 aliphatic carbocycles. The monoisotopic (exact) mass is 209 g/mol. The lowest BCUT2D eigenvalue weighted by Crippen LogP contribution is -1.91. The summed E-state index contributed by atoms with van der Waals surface area (Å²) in [6, 6.07) is 4.71. The first-order valence-corrected chi connectivity index (χ1v) is 4.23. The van der Waals surface area contributed by atoms with Crippen molar-refractivity contribution in [2.75, 3.05) is 0 Å². The molecule has 0 fully saturated rings. The van der Waals surface area contributed by atoms with Crippen LogP contribution in [0.1, 0.15) is 0 Å². The van der Waals surface area contributed by atoms with Crippen LogP contribution in [-0.2, 0) is 0 Å². The second kappa shape index (κ2) is 3.67. The third kappa shape index (κ3) is 1.70. The highest BCUT2D eigenvalue weighted by atomic mass is 35.5. The van der Waals surface area contributed by atoms with E-state index in [0.717, 1.165) is 0 Å². The van der Waals surface area contributed by atoms with E-state index in [1.165, 1.54) is 18.6 Å². The quantitative estimate of drug-likeness (QED) is 0.535. The summed E-state index contributed by atoms with van der Waals surface area (Å²) >= 11 is 5.65. The molecule has 0 N–H and O–H groups in total. The Morgan fingerprint density at radius 2 is 2.07 bits per heavy atom. The molecule has 14 heavy (non-hydrogen) atoms. The summed E-state index contributed by atoms with van der Waals surface area (Å²) in [7, 11) is 0. The minimum absolute atomic E-state index is 0.276. The van der Waals surface area contributed by atoms with E-state index < -0.39 is 5.95 Å². The molecule has 2 rings (SSSR count). The Bertz CT molecular complexity index is 461. The number of halogens is 2. The first kappa shape index (κ1) is 9.02. The maximum atomic E-state index is 13.2. The van der Waals surface area contributed by atoms with Gasteiger partial charge in [0.15, 0.2) is 0 Å². The van der Waals surface area contributed by atoms with Crippen LogP contribution in [0, 0.1) is 5.95 Å². The molecule has 0 saturated heterocycles. The second-order valence-electron chi connectivity index (χ2n) is 2.57. The smallest absolute Gasteiger partial charge is 0.222 e. The predicted octanol–water partition coefficient (Wildman–Crippen LogP) is 2.33. The van der Waals surface area contributed by atoms with E-state index in [1.54, 1.807) is 12.1 Å². The average molecular weight is 210 g/mol. The maximum absolute atomic E-state index is 13.2. The summed E-state index contributed by atoms with van der Waals surface area (Å²) in [6.07, 6.45) is 2.66. The van der Waals surface area contributed by atoms with Gasteiger partial charge in [-0.05, 0) is 12.1 Å². The van der Waals surface area contributed by atoms with Gasteiger partial charge in [0.25, 0.3) is 0 Å². The molecule has 0 amide bonds. The molecule has 2 heterocycles. The Balaban J connectivity index is 2.55. The number of rotatable bonds is 1. The van der Waals surface area contributed by atoms with Gasteiger partial charge in [-0.15, -0.1) is 0 Å². The van der Waals surface area contributed by atoms with Gasteiger partial charge in [0.2, 0.25) is 5.95 Å². The fraction of sp³-hybridized carbons (Fsp3) is 0. The summed E-state index contributed by atoms with van der Waals surface area (Å²) in [4.78, 5) is 11.1. The highest BCUT2D eigenvalue weighted by Gasteiger charge is 2.06. The van der Waals surface area contributed by atoms with Gasteiger partial charge in [-0.1, -0.05) is 11.6 Å². The van der Waals surface area contributed by atoms with Crippen LogP contribution >= 0.6 is 11.6 Å². The molecule has 0 aliphatic heterocycles. The Morgan fingerprint density at radius 1 is 1.21 bits per heavy atom.